The summed E-state index contributed by atoms with van der Waals surface area (Å²) in [5.41, 5.74) is 5.33. The van der Waals surface area contributed by atoms with Crippen LogP contribution in [0.4, 0.5) is 13.2 Å². The summed E-state index contributed by atoms with van der Waals surface area (Å²) in [7, 11) is 0. The Hall–Kier alpha value is -2.75. The number of carbonyl (C=O) groups is 1. The largest absolute Gasteiger partial charge is 0.444 e. The summed E-state index contributed by atoms with van der Waals surface area (Å²) in [6.07, 6.45) is -3.19. The fraction of sp³-hybridized carbons (Fsp3) is 0.294. The second-order valence-electron chi connectivity index (χ2n) is 5.66. The van der Waals surface area contributed by atoms with Gasteiger partial charge in [-0.25, -0.2) is 0 Å². The Morgan fingerprint density at radius 3 is 2.71 bits per heavy atom. The average Bonchev–Trinajstić information content (AvgIpc) is 2.53. The highest BCUT2D eigenvalue weighted by atomic mass is 19.4. The van der Waals surface area contributed by atoms with E-state index in [0.29, 0.717) is 18.6 Å². The summed E-state index contributed by atoms with van der Waals surface area (Å²) in [4.78, 5) is 12.3. The van der Waals surface area contributed by atoms with Gasteiger partial charge in [-0.15, -0.1) is 0 Å². The van der Waals surface area contributed by atoms with E-state index in [-0.39, 0.29) is 34.8 Å². The quantitative estimate of drug-likeness (QED) is 0.852. The number of ether oxygens (including phenoxy) is 1. The molecule has 1 atom stereocenters. The standard InChI is InChI=1S/C17H13F3N2O2/c18-17(19,20)10-4-1-3-9(7-10)14-11(8-21)16(22)24-13-6-2-5-12(23)15(13)14/h1,3-4,7,14H,2,5-6,22H2/t14-/m0/s1. The number of ketones is 1. The van der Waals surface area contributed by atoms with Gasteiger partial charge in [-0.2, -0.15) is 18.4 Å². The molecule has 2 N–H and O–H groups in total. The lowest BCUT2D eigenvalue weighted by Crippen LogP contribution is -2.27. The SMILES string of the molecule is N#CC1=C(N)OC2=C(C(=O)CCC2)[C@H]1c1cccc(C(F)(F)F)c1. The predicted molar refractivity (Wildman–Crippen MR) is 78.0 cm³/mol. The molecule has 1 aliphatic heterocycles. The lowest BCUT2D eigenvalue weighted by Gasteiger charge is -2.31. The summed E-state index contributed by atoms with van der Waals surface area (Å²) in [5, 5.41) is 9.37. The van der Waals surface area contributed by atoms with Gasteiger partial charge in [0.1, 0.15) is 17.4 Å². The Morgan fingerprint density at radius 1 is 1.29 bits per heavy atom. The van der Waals surface area contributed by atoms with Crippen LogP contribution in [0.25, 0.3) is 0 Å². The predicted octanol–water partition coefficient (Wildman–Crippen LogP) is 3.52. The number of allylic oxidation sites excluding steroid dienone is 3. The zero-order chi connectivity index (χ0) is 17.5. The van der Waals surface area contributed by atoms with Crippen molar-refractivity contribution in [2.75, 3.05) is 0 Å². The molecule has 124 valence electrons. The number of hydrogen-bond acceptors (Lipinski definition) is 4. The number of nitriles is 1. The number of halogens is 3. The molecule has 1 heterocycles. The van der Waals surface area contributed by atoms with Crippen molar-refractivity contribution in [3.8, 4) is 6.07 Å². The fourth-order valence-electron chi connectivity index (χ4n) is 3.08. The van der Waals surface area contributed by atoms with E-state index in [9.17, 15) is 23.2 Å². The first-order chi connectivity index (χ1) is 11.3. The summed E-state index contributed by atoms with van der Waals surface area (Å²) >= 11 is 0. The number of carbonyl (C=O) groups excluding carboxylic acids is 1. The van der Waals surface area contributed by atoms with Gasteiger partial charge in [0.25, 0.3) is 0 Å². The van der Waals surface area contributed by atoms with Gasteiger partial charge in [0.05, 0.1) is 11.5 Å². The van der Waals surface area contributed by atoms with Gasteiger partial charge in [-0.05, 0) is 18.1 Å². The molecule has 0 saturated heterocycles. The normalized spacial score (nSPS) is 21.2. The molecule has 2 aliphatic rings. The van der Waals surface area contributed by atoms with Gasteiger partial charge < -0.3 is 10.5 Å². The molecule has 0 unspecified atom stereocenters. The van der Waals surface area contributed by atoms with E-state index in [1.807, 2.05) is 6.07 Å². The van der Waals surface area contributed by atoms with Gasteiger partial charge in [0.15, 0.2) is 5.78 Å². The monoisotopic (exact) mass is 334 g/mol. The number of hydrogen-bond donors (Lipinski definition) is 1. The minimum Gasteiger partial charge on any atom is -0.444 e. The molecule has 0 spiro atoms. The van der Waals surface area contributed by atoms with Gasteiger partial charge >= 0.3 is 6.18 Å². The minimum atomic E-state index is -4.52. The maximum atomic E-state index is 13.0. The van der Waals surface area contributed by atoms with E-state index in [1.54, 1.807) is 0 Å². The number of benzene rings is 1. The van der Waals surface area contributed by atoms with Crippen LogP contribution in [-0.2, 0) is 15.7 Å². The van der Waals surface area contributed by atoms with Crippen molar-refractivity contribution in [1.82, 2.24) is 0 Å². The van der Waals surface area contributed by atoms with Gasteiger partial charge in [-0.1, -0.05) is 18.2 Å². The number of nitrogens with zero attached hydrogens (tertiary/aromatic N) is 1. The van der Waals surface area contributed by atoms with Crippen LogP contribution in [0.3, 0.4) is 0 Å². The number of rotatable bonds is 1. The van der Waals surface area contributed by atoms with E-state index in [4.69, 9.17) is 10.5 Å². The first-order valence-corrected chi connectivity index (χ1v) is 7.34. The smallest absolute Gasteiger partial charge is 0.416 e. The van der Waals surface area contributed by atoms with Crippen molar-refractivity contribution in [3.63, 3.8) is 0 Å². The summed E-state index contributed by atoms with van der Waals surface area (Å²) in [5.74, 6) is -0.953. The maximum absolute atomic E-state index is 13.0. The highest BCUT2D eigenvalue weighted by Crippen LogP contribution is 2.44. The van der Waals surface area contributed by atoms with Gasteiger partial charge in [-0.3, -0.25) is 4.79 Å². The minimum absolute atomic E-state index is 0.0386. The van der Waals surface area contributed by atoms with Crippen LogP contribution >= 0.6 is 0 Å². The molecule has 0 radical (unpaired) electrons. The zero-order valence-corrected chi connectivity index (χ0v) is 12.5. The molecule has 1 aromatic carbocycles. The van der Waals surface area contributed by atoms with Crippen LogP contribution in [0, 0.1) is 11.3 Å². The molecule has 3 rings (SSSR count). The van der Waals surface area contributed by atoms with Crippen LogP contribution in [-0.4, -0.2) is 5.78 Å². The zero-order valence-electron chi connectivity index (χ0n) is 12.5. The first kappa shape index (κ1) is 16.1. The van der Waals surface area contributed by atoms with Gasteiger partial charge in [0.2, 0.25) is 5.88 Å². The molecular formula is C17H13F3N2O2. The molecule has 1 aromatic rings. The Kier molecular flexibility index (Phi) is 3.84. The molecule has 4 nitrogen and oxygen atoms in total. The molecule has 0 saturated carbocycles. The van der Waals surface area contributed by atoms with E-state index in [2.05, 4.69) is 0 Å². The number of Topliss-reactive ketones (excluding diaryl/α,β-unsaturated/α-hetero) is 1. The first-order valence-electron chi connectivity index (χ1n) is 7.34. The van der Waals surface area contributed by atoms with E-state index in [0.717, 1.165) is 12.1 Å². The van der Waals surface area contributed by atoms with Crippen LogP contribution in [0.1, 0.15) is 36.3 Å². The summed E-state index contributed by atoms with van der Waals surface area (Å²) < 4.78 is 44.4. The summed E-state index contributed by atoms with van der Waals surface area (Å²) in [6.45, 7) is 0. The second kappa shape index (κ2) is 5.71. The van der Waals surface area contributed by atoms with Crippen LogP contribution in [0.2, 0.25) is 0 Å². The van der Waals surface area contributed by atoms with E-state index in [1.165, 1.54) is 12.1 Å². The lowest BCUT2D eigenvalue weighted by molar-refractivity contribution is -0.137. The average molecular weight is 334 g/mol. The molecule has 0 fully saturated rings. The molecule has 0 bridgehead atoms. The van der Waals surface area contributed by atoms with Crippen molar-refractivity contribution in [3.05, 3.63) is 58.2 Å². The van der Waals surface area contributed by atoms with Gasteiger partial charge in [0, 0.05) is 18.4 Å². The van der Waals surface area contributed by atoms with Crippen molar-refractivity contribution >= 4 is 5.78 Å². The highest BCUT2D eigenvalue weighted by molar-refractivity contribution is 5.99. The highest BCUT2D eigenvalue weighted by Gasteiger charge is 2.39. The third kappa shape index (κ3) is 2.64. The maximum Gasteiger partial charge on any atom is 0.416 e. The van der Waals surface area contributed by atoms with Crippen LogP contribution in [0.5, 0.6) is 0 Å². The molecule has 1 aliphatic carbocycles. The Bertz CT molecular complexity index is 816. The summed E-state index contributed by atoms with van der Waals surface area (Å²) in [6, 6.07) is 6.49. The molecular weight excluding hydrogens is 321 g/mol. The molecule has 0 amide bonds. The van der Waals surface area contributed by atoms with E-state index >= 15 is 0 Å². The molecule has 24 heavy (non-hydrogen) atoms. The van der Waals surface area contributed by atoms with E-state index < -0.39 is 17.7 Å². The number of nitrogens with two attached hydrogens (primary N) is 1. The van der Waals surface area contributed by atoms with Crippen molar-refractivity contribution < 1.29 is 22.7 Å². The number of alkyl halides is 3. The van der Waals surface area contributed by atoms with Crippen molar-refractivity contribution in [2.45, 2.75) is 31.4 Å². The topological polar surface area (TPSA) is 76.1 Å². The Balaban J connectivity index is 2.18. The van der Waals surface area contributed by atoms with Crippen molar-refractivity contribution in [2.24, 2.45) is 5.73 Å². The fourth-order valence-corrected chi connectivity index (χ4v) is 3.08. The Morgan fingerprint density at radius 2 is 2.04 bits per heavy atom. The third-order valence-electron chi connectivity index (χ3n) is 4.15. The second-order valence-corrected chi connectivity index (χ2v) is 5.66. The van der Waals surface area contributed by atoms with Crippen molar-refractivity contribution in [1.29, 1.82) is 5.26 Å². The van der Waals surface area contributed by atoms with Crippen LogP contribution < -0.4 is 5.73 Å². The molecule has 7 heteroatoms. The lowest BCUT2D eigenvalue weighted by atomic mass is 9.77. The third-order valence-corrected chi connectivity index (χ3v) is 4.15. The molecule has 0 aromatic heterocycles. The van der Waals surface area contributed by atoms with Crippen LogP contribution in [0.15, 0.2) is 47.1 Å². The Labute approximate surface area is 136 Å².